The Hall–Kier alpha value is -0.530. The zero-order valence-corrected chi connectivity index (χ0v) is 4.06. The average Bonchev–Trinajstić information content (AvgIpc) is 1.65. The van der Waals surface area contributed by atoms with Crippen molar-refractivity contribution in [3.8, 4) is 0 Å². The SMILES string of the molecule is [2H]CN(C)C(C)=O. The average molecular weight is 88.1 g/mol. The molecule has 0 aromatic rings. The van der Waals surface area contributed by atoms with E-state index in [9.17, 15) is 4.79 Å². The molecule has 0 spiro atoms. The van der Waals surface area contributed by atoms with E-state index in [0.717, 1.165) is 0 Å². The second kappa shape index (κ2) is 1.80. The first-order chi connectivity index (χ1) is 3.18. The minimum absolute atomic E-state index is 0.0509. The third-order valence-corrected chi connectivity index (χ3v) is 0.538. The summed E-state index contributed by atoms with van der Waals surface area (Å²) < 4.78 is 6.64. The second-order valence-corrected chi connectivity index (χ2v) is 1.22. The van der Waals surface area contributed by atoms with Crippen molar-refractivity contribution in [2.75, 3.05) is 14.1 Å². The van der Waals surface area contributed by atoms with Crippen molar-refractivity contribution in [2.45, 2.75) is 6.92 Å². The van der Waals surface area contributed by atoms with Crippen molar-refractivity contribution < 1.29 is 6.17 Å². The van der Waals surface area contributed by atoms with E-state index in [-0.39, 0.29) is 12.9 Å². The van der Waals surface area contributed by atoms with E-state index in [4.69, 9.17) is 1.37 Å². The van der Waals surface area contributed by atoms with E-state index >= 15 is 0 Å². The minimum Gasteiger partial charge on any atom is -0.349 e. The van der Waals surface area contributed by atoms with Gasteiger partial charge in [-0.25, -0.2) is 0 Å². The molecule has 1 amide bonds. The molecule has 0 saturated heterocycles. The minimum atomic E-state index is -0.0602. The fourth-order valence-electron chi connectivity index (χ4n) is 0. The van der Waals surface area contributed by atoms with Crippen LogP contribution >= 0.6 is 0 Å². The van der Waals surface area contributed by atoms with E-state index in [0.29, 0.717) is 0 Å². The van der Waals surface area contributed by atoms with Gasteiger partial charge < -0.3 is 4.90 Å². The lowest BCUT2D eigenvalue weighted by Crippen LogP contribution is -2.17. The maximum Gasteiger partial charge on any atom is 0.218 e. The van der Waals surface area contributed by atoms with E-state index in [2.05, 4.69) is 0 Å². The van der Waals surface area contributed by atoms with Gasteiger partial charge in [0.1, 0.15) is 0 Å². The predicted octanol–water partition coefficient (Wildman–Crippen LogP) is 0.0945. The van der Waals surface area contributed by atoms with Crippen LogP contribution in [0.1, 0.15) is 8.29 Å². The molecule has 0 heterocycles. The maximum atomic E-state index is 10.2. The van der Waals surface area contributed by atoms with Crippen molar-refractivity contribution in [3.05, 3.63) is 0 Å². The molecule has 0 aromatic carbocycles. The molecule has 0 aliphatic heterocycles. The molecule has 0 aliphatic carbocycles. The van der Waals surface area contributed by atoms with E-state index in [1.807, 2.05) is 0 Å². The summed E-state index contributed by atoms with van der Waals surface area (Å²) in [7, 11) is 1.64. The molecule has 36 valence electrons. The summed E-state index contributed by atoms with van der Waals surface area (Å²) >= 11 is 0. The highest BCUT2D eigenvalue weighted by Gasteiger charge is 1.87. The Labute approximate surface area is 39.2 Å². The van der Waals surface area contributed by atoms with Crippen LogP contribution in [0.2, 0.25) is 0 Å². The largest absolute Gasteiger partial charge is 0.349 e. The molecule has 0 aromatic heterocycles. The van der Waals surface area contributed by atoms with Crippen LogP contribution in [-0.2, 0) is 4.79 Å². The zero-order valence-electron chi connectivity index (χ0n) is 5.06. The van der Waals surface area contributed by atoms with Crippen molar-refractivity contribution in [1.29, 1.82) is 0 Å². The Bertz CT molecular complexity index is 74.1. The lowest BCUT2D eigenvalue weighted by atomic mass is 10.7. The number of nitrogens with zero attached hydrogens (tertiary/aromatic N) is 1. The van der Waals surface area contributed by atoms with Gasteiger partial charge in [0.25, 0.3) is 0 Å². The highest BCUT2D eigenvalue weighted by Crippen LogP contribution is 1.69. The van der Waals surface area contributed by atoms with Gasteiger partial charge in [-0.1, -0.05) is 0 Å². The molecule has 2 nitrogen and oxygen atoms in total. The Morgan fingerprint density at radius 2 is 2.50 bits per heavy atom. The Balaban J connectivity index is 3.34. The Kier molecular flexibility index (Phi) is 1.10. The summed E-state index contributed by atoms with van der Waals surface area (Å²) in [6.45, 7) is 1.44. The van der Waals surface area contributed by atoms with Crippen LogP contribution in [-0.4, -0.2) is 24.9 Å². The fourth-order valence-corrected chi connectivity index (χ4v) is 0. The summed E-state index contributed by atoms with van der Waals surface area (Å²) in [5.41, 5.74) is 0. The lowest BCUT2D eigenvalue weighted by molar-refractivity contribution is -0.126. The number of hydrogen-bond acceptors (Lipinski definition) is 1. The molecule has 0 bridgehead atoms. The molecular formula is C4H9NO. The van der Waals surface area contributed by atoms with Gasteiger partial charge in [0, 0.05) is 22.4 Å². The fraction of sp³-hybridized carbons (Fsp3) is 0.750. The first-order valence-corrected chi connectivity index (χ1v) is 1.69. The van der Waals surface area contributed by atoms with Gasteiger partial charge in [0.2, 0.25) is 5.91 Å². The third-order valence-electron chi connectivity index (χ3n) is 0.538. The molecule has 0 radical (unpaired) electrons. The molecule has 0 atom stereocenters. The molecule has 0 unspecified atom stereocenters. The van der Waals surface area contributed by atoms with Crippen LogP contribution in [0.15, 0.2) is 0 Å². The smallest absolute Gasteiger partial charge is 0.218 e. The van der Waals surface area contributed by atoms with Crippen LogP contribution in [0.5, 0.6) is 0 Å². The van der Waals surface area contributed by atoms with Crippen molar-refractivity contribution in [1.82, 2.24) is 4.90 Å². The van der Waals surface area contributed by atoms with Crippen LogP contribution in [0.3, 0.4) is 0 Å². The first kappa shape index (κ1) is 3.65. The molecule has 0 N–H and O–H groups in total. The van der Waals surface area contributed by atoms with Crippen LogP contribution in [0, 0.1) is 0 Å². The van der Waals surface area contributed by atoms with Crippen molar-refractivity contribution in [2.24, 2.45) is 0 Å². The third kappa shape index (κ3) is 1.76. The second-order valence-electron chi connectivity index (χ2n) is 1.22. The lowest BCUT2D eigenvalue weighted by Gasteiger charge is -2.02. The zero-order chi connectivity index (χ0) is 5.86. The van der Waals surface area contributed by atoms with Crippen LogP contribution in [0.25, 0.3) is 0 Å². The summed E-state index contributed by atoms with van der Waals surface area (Å²) in [6.07, 6.45) is 0. The van der Waals surface area contributed by atoms with Gasteiger partial charge in [-0.05, 0) is 0 Å². The Morgan fingerprint density at radius 3 is 2.50 bits per heavy atom. The molecule has 0 rings (SSSR count). The van der Waals surface area contributed by atoms with Gasteiger partial charge in [-0.2, -0.15) is 0 Å². The monoisotopic (exact) mass is 88.1 g/mol. The van der Waals surface area contributed by atoms with E-state index in [1.165, 1.54) is 11.8 Å². The summed E-state index contributed by atoms with van der Waals surface area (Å²) in [6, 6.07) is 0. The summed E-state index contributed by atoms with van der Waals surface area (Å²) in [5, 5.41) is 0. The number of carbonyl (C=O) groups is 1. The number of rotatable bonds is 0. The van der Waals surface area contributed by atoms with Crippen LogP contribution < -0.4 is 0 Å². The van der Waals surface area contributed by atoms with Gasteiger partial charge in [0.15, 0.2) is 0 Å². The number of amides is 1. The van der Waals surface area contributed by atoms with Gasteiger partial charge >= 0.3 is 0 Å². The van der Waals surface area contributed by atoms with Crippen LogP contribution in [0.4, 0.5) is 0 Å². The first-order valence-electron chi connectivity index (χ1n) is 2.40. The number of hydrogen-bond donors (Lipinski definition) is 0. The Morgan fingerprint density at radius 1 is 2.00 bits per heavy atom. The van der Waals surface area contributed by atoms with E-state index < -0.39 is 0 Å². The molecule has 6 heavy (non-hydrogen) atoms. The molecule has 0 saturated carbocycles. The molecular weight excluding hydrogens is 78.0 g/mol. The summed E-state index contributed by atoms with van der Waals surface area (Å²) in [4.78, 5) is 11.5. The summed E-state index contributed by atoms with van der Waals surface area (Å²) in [5.74, 6) is -0.0602. The normalized spacial score (nSPS) is 10.0. The predicted molar refractivity (Wildman–Crippen MR) is 24.4 cm³/mol. The molecule has 0 aliphatic rings. The van der Waals surface area contributed by atoms with E-state index in [1.54, 1.807) is 7.05 Å². The van der Waals surface area contributed by atoms with Crippen molar-refractivity contribution in [3.63, 3.8) is 0 Å². The number of carbonyl (C=O) groups excluding carboxylic acids is 1. The maximum absolute atomic E-state index is 10.2. The standard InChI is InChI=1S/C4H9NO/c1-4(6)5(2)3/h1-3H3/i2D. The van der Waals surface area contributed by atoms with Gasteiger partial charge in [0.05, 0.1) is 0 Å². The topological polar surface area (TPSA) is 20.3 Å². The molecule has 2 heteroatoms. The highest BCUT2D eigenvalue weighted by molar-refractivity contribution is 5.72. The quantitative estimate of drug-likeness (QED) is 0.411. The van der Waals surface area contributed by atoms with Gasteiger partial charge in [-0.15, -0.1) is 0 Å². The highest BCUT2D eigenvalue weighted by atomic mass is 16.2. The van der Waals surface area contributed by atoms with Crippen molar-refractivity contribution >= 4 is 5.91 Å². The molecule has 0 fully saturated rings. The van der Waals surface area contributed by atoms with Gasteiger partial charge in [-0.3, -0.25) is 4.79 Å².